The van der Waals surface area contributed by atoms with Crippen molar-refractivity contribution in [1.29, 1.82) is 0 Å². The topological polar surface area (TPSA) is 63.5 Å². The highest BCUT2D eigenvalue weighted by molar-refractivity contribution is 14.0. The van der Waals surface area contributed by atoms with Crippen molar-refractivity contribution < 1.29 is 4.74 Å². The van der Waals surface area contributed by atoms with Crippen molar-refractivity contribution in [1.82, 2.24) is 20.2 Å². The first kappa shape index (κ1) is 21.4. The maximum atomic E-state index is 5.06. The molecule has 0 radical (unpaired) electrons. The first-order chi connectivity index (χ1) is 11.8. The first-order valence-corrected chi connectivity index (χ1v) is 8.36. The van der Waals surface area contributed by atoms with E-state index in [4.69, 9.17) is 4.74 Å². The molecule has 2 N–H and O–H groups in total. The average Bonchev–Trinajstić information content (AvgIpc) is 3.10. The Morgan fingerprint density at radius 1 is 1.28 bits per heavy atom. The molecular weight excluding hydrogens is 429 g/mol. The molecule has 0 saturated carbocycles. The van der Waals surface area contributed by atoms with Gasteiger partial charge >= 0.3 is 0 Å². The van der Waals surface area contributed by atoms with E-state index in [2.05, 4.69) is 56.4 Å². The number of nitrogens with zero attached hydrogens (tertiary/aromatic N) is 3. The molecule has 1 aromatic carbocycles. The molecule has 6 nitrogen and oxygen atoms in total. The third kappa shape index (κ3) is 8.35. The lowest BCUT2D eigenvalue weighted by Gasteiger charge is -2.11. The van der Waals surface area contributed by atoms with E-state index in [9.17, 15) is 0 Å². The highest BCUT2D eigenvalue weighted by Crippen LogP contribution is 2.08. The summed E-state index contributed by atoms with van der Waals surface area (Å²) in [4.78, 5) is 8.73. The number of rotatable bonds is 9. The normalized spacial score (nSPS) is 11.0. The summed E-state index contributed by atoms with van der Waals surface area (Å²) in [6.45, 7) is 5.99. The van der Waals surface area contributed by atoms with Crippen molar-refractivity contribution in [2.75, 3.05) is 26.8 Å². The van der Waals surface area contributed by atoms with Crippen LogP contribution < -0.4 is 10.6 Å². The SMILES string of the molecule is CCNC(=NCc1cccc(Cn2ccnc2)c1)NCCCOC.I. The van der Waals surface area contributed by atoms with E-state index >= 15 is 0 Å². The predicted octanol–water partition coefficient (Wildman–Crippen LogP) is 2.64. The number of ether oxygens (including phenoxy) is 1. The molecule has 1 heterocycles. The zero-order chi connectivity index (χ0) is 17.0. The van der Waals surface area contributed by atoms with Crippen molar-refractivity contribution in [3.8, 4) is 0 Å². The minimum atomic E-state index is 0. The van der Waals surface area contributed by atoms with Gasteiger partial charge in [0.15, 0.2) is 5.96 Å². The molecule has 25 heavy (non-hydrogen) atoms. The van der Waals surface area contributed by atoms with E-state index in [0.29, 0.717) is 6.54 Å². The zero-order valence-corrected chi connectivity index (χ0v) is 17.3. The fourth-order valence-electron chi connectivity index (χ4n) is 2.35. The van der Waals surface area contributed by atoms with Crippen molar-refractivity contribution in [3.05, 3.63) is 54.1 Å². The standard InChI is InChI=1S/C18H27N5O.HI/c1-3-20-18(21-8-5-11-24-2)22-13-16-6-4-7-17(12-16)14-23-10-9-19-15-23;/h4,6-7,9-10,12,15H,3,5,8,11,13-14H2,1-2H3,(H2,20,21,22);1H. The summed E-state index contributed by atoms with van der Waals surface area (Å²) < 4.78 is 7.12. The average molecular weight is 457 g/mol. The molecule has 0 aliphatic carbocycles. The smallest absolute Gasteiger partial charge is 0.191 e. The van der Waals surface area contributed by atoms with Crippen LogP contribution in [-0.2, 0) is 17.8 Å². The van der Waals surface area contributed by atoms with Crippen molar-refractivity contribution in [2.45, 2.75) is 26.4 Å². The van der Waals surface area contributed by atoms with Gasteiger partial charge in [0.2, 0.25) is 0 Å². The van der Waals surface area contributed by atoms with Crippen LogP contribution in [0, 0.1) is 0 Å². The Hall–Kier alpha value is -1.61. The van der Waals surface area contributed by atoms with Crippen LogP contribution in [0.3, 0.4) is 0 Å². The molecule has 2 aromatic rings. The quantitative estimate of drug-likeness (QED) is 0.263. The molecule has 0 unspecified atom stereocenters. The molecule has 0 atom stereocenters. The summed E-state index contributed by atoms with van der Waals surface area (Å²) in [5.74, 6) is 0.841. The minimum Gasteiger partial charge on any atom is -0.385 e. The van der Waals surface area contributed by atoms with E-state index in [1.807, 2.05) is 12.5 Å². The van der Waals surface area contributed by atoms with Gasteiger partial charge in [-0.1, -0.05) is 24.3 Å². The van der Waals surface area contributed by atoms with Gasteiger partial charge in [-0.25, -0.2) is 9.98 Å². The second-order valence-corrected chi connectivity index (χ2v) is 5.52. The monoisotopic (exact) mass is 457 g/mol. The summed E-state index contributed by atoms with van der Waals surface area (Å²) in [6, 6.07) is 8.50. The van der Waals surface area contributed by atoms with Gasteiger partial charge in [0.25, 0.3) is 0 Å². The molecule has 1 aromatic heterocycles. The third-order valence-electron chi connectivity index (χ3n) is 3.50. The Bertz CT molecular complexity index is 616. The Morgan fingerprint density at radius 3 is 2.84 bits per heavy atom. The Balaban J connectivity index is 0.00000312. The molecule has 7 heteroatoms. The van der Waals surface area contributed by atoms with Crippen molar-refractivity contribution >= 4 is 29.9 Å². The van der Waals surface area contributed by atoms with Gasteiger partial charge in [-0.2, -0.15) is 0 Å². The molecule has 0 aliphatic heterocycles. The lowest BCUT2D eigenvalue weighted by Crippen LogP contribution is -2.38. The number of hydrogen-bond acceptors (Lipinski definition) is 3. The maximum Gasteiger partial charge on any atom is 0.191 e. The number of hydrogen-bond donors (Lipinski definition) is 2. The van der Waals surface area contributed by atoms with E-state index in [-0.39, 0.29) is 24.0 Å². The first-order valence-electron chi connectivity index (χ1n) is 8.36. The minimum absolute atomic E-state index is 0. The molecule has 0 fully saturated rings. The second kappa shape index (κ2) is 12.7. The number of halogens is 1. The van der Waals surface area contributed by atoms with Gasteiger partial charge in [-0.05, 0) is 24.5 Å². The number of aliphatic imine (C=N–C) groups is 1. The van der Waals surface area contributed by atoms with Crippen LogP contribution in [0.2, 0.25) is 0 Å². The summed E-state index contributed by atoms with van der Waals surface area (Å²) in [7, 11) is 1.72. The molecule has 2 rings (SSSR count). The molecule has 0 bridgehead atoms. The fourth-order valence-corrected chi connectivity index (χ4v) is 2.35. The molecule has 0 aliphatic rings. The van der Waals surface area contributed by atoms with Crippen molar-refractivity contribution in [2.24, 2.45) is 4.99 Å². The van der Waals surface area contributed by atoms with Gasteiger partial charge in [0.1, 0.15) is 0 Å². The van der Waals surface area contributed by atoms with Gasteiger partial charge in [-0.3, -0.25) is 0 Å². The van der Waals surface area contributed by atoms with Crippen LogP contribution in [0.4, 0.5) is 0 Å². The largest absolute Gasteiger partial charge is 0.385 e. The van der Waals surface area contributed by atoms with Gasteiger partial charge in [-0.15, -0.1) is 24.0 Å². The lowest BCUT2D eigenvalue weighted by atomic mass is 10.1. The van der Waals surface area contributed by atoms with Crippen LogP contribution in [0.25, 0.3) is 0 Å². The third-order valence-corrected chi connectivity index (χ3v) is 3.50. The van der Waals surface area contributed by atoms with E-state index < -0.39 is 0 Å². The Kier molecular flexibility index (Phi) is 10.9. The number of imidazole rings is 1. The van der Waals surface area contributed by atoms with Gasteiger partial charge < -0.3 is 19.9 Å². The number of aromatic nitrogens is 2. The number of nitrogens with one attached hydrogen (secondary N) is 2. The van der Waals surface area contributed by atoms with E-state index in [1.165, 1.54) is 11.1 Å². The Morgan fingerprint density at radius 2 is 2.12 bits per heavy atom. The summed E-state index contributed by atoms with van der Waals surface area (Å²) >= 11 is 0. The summed E-state index contributed by atoms with van der Waals surface area (Å²) in [5, 5.41) is 6.59. The lowest BCUT2D eigenvalue weighted by molar-refractivity contribution is 0.195. The van der Waals surface area contributed by atoms with Gasteiger partial charge in [0.05, 0.1) is 12.9 Å². The van der Waals surface area contributed by atoms with Crippen LogP contribution >= 0.6 is 24.0 Å². The van der Waals surface area contributed by atoms with Gasteiger partial charge in [0, 0.05) is 45.7 Å². The summed E-state index contributed by atoms with van der Waals surface area (Å²) in [5.41, 5.74) is 2.44. The Labute approximate surface area is 167 Å². The fraction of sp³-hybridized carbons (Fsp3) is 0.444. The predicted molar refractivity (Wildman–Crippen MR) is 112 cm³/mol. The number of benzene rings is 1. The zero-order valence-electron chi connectivity index (χ0n) is 14.9. The van der Waals surface area contributed by atoms with Crippen LogP contribution in [0.1, 0.15) is 24.5 Å². The molecule has 0 amide bonds. The highest BCUT2D eigenvalue weighted by Gasteiger charge is 2.00. The molecule has 0 saturated heterocycles. The van der Waals surface area contributed by atoms with E-state index in [1.54, 1.807) is 13.3 Å². The van der Waals surface area contributed by atoms with Crippen LogP contribution in [-0.4, -0.2) is 42.3 Å². The number of methoxy groups -OCH3 is 1. The van der Waals surface area contributed by atoms with Crippen LogP contribution in [0.15, 0.2) is 48.0 Å². The second-order valence-electron chi connectivity index (χ2n) is 5.52. The molecular formula is C18H28IN5O. The molecule has 0 spiro atoms. The maximum absolute atomic E-state index is 5.06. The van der Waals surface area contributed by atoms with Crippen LogP contribution in [0.5, 0.6) is 0 Å². The summed E-state index contributed by atoms with van der Waals surface area (Å²) in [6.07, 6.45) is 6.56. The molecule has 138 valence electrons. The highest BCUT2D eigenvalue weighted by atomic mass is 127. The van der Waals surface area contributed by atoms with E-state index in [0.717, 1.165) is 38.6 Å². The van der Waals surface area contributed by atoms with Crippen molar-refractivity contribution in [3.63, 3.8) is 0 Å². The number of guanidine groups is 1.